The number of rotatable bonds is 2. The molecule has 2 aromatic heterocycles. The molecular formula is C10H13N3O. The van der Waals surface area contributed by atoms with Crippen LogP contribution in [0, 0.1) is 13.8 Å². The second-order valence-electron chi connectivity index (χ2n) is 3.37. The standard InChI is InChI=1S/C10H13N3O/c1-7-5-9(14-8(7)2)6-13-10(11)3-4-12-13/h3-5H,6,11H2,1-2H3. The van der Waals surface area contributed by atoms with Crippen molar-refractivity contribution in [3.8, 4) is 0 Å². The van der Waals surface area contributed by atoms with Gasteiger partial charge >= 0.3 is 0 Å². The molecule has 0 spiro atoms. The zero-order valence-electron chi connectivity index (χ0n) is 8.32. The summed E-state index contributed by atoms with van der Waals surface area (Å²) in [4.78, 5) is 0. The first-order valence-corrected chi connectivity index (χ1v) is 4.50. The van der Waals surface area contributed by atoms with Crippen molar-refractivity contribution in [2.24, 2.45) is 0 Å². The maximum Gasteiger partial charge on any atom is 0.126 e. The van der Waals surface area contributed by atoms with Crippen LogP contribution in [0.3, 0.4) is 0 Å². The van der Waals surface area contributed by atoms with Crippen LogP contribution in [0.4, 0.5) is 5.82 Å². The SMILES string of the molecule is Cc1cc(Cn2nccc2N)oc1C. The third kappa shape index (κ3) is 1.51. The lowest BCUT2D eigenvalue weighted by atomic mass is 10.3. The van der Waals surface area contributed by atoms with Gasteiger partial charge in [0, 0.05) is 0 Å². The van der Waals surface area contributed by atoms with Crippen molar-refractivity contribution in [2.45, 2.75) is 20.4 Å². The first kappa shape index (κ1) is 8.87. The minimum atomic E-state index is 0.591. The Morgan fingerprint density at radius 2 is 2.29 bits per heavy atom. The average molecular weight is 191 g/mol. The number of hydrogen-bond acceptors (Lipinski definition) is 3. The Morgan fingerprint density at radius 3 is 2.79 bits per heavy atom. The van der Waals surface area contributed by atoms with E-state index in [1.165, 1.54) is 0 Å². The second-order valence-corrected chi connectivity index (χ2v) is 3.37. The van der Waals surface area contributed by atoms with Crippen molar-refractivity contribution in [3.63, 3.8) is 0 Å². The number of aryl methyl sites for hydroxylation is 2. The van der Waals surface area contributed by atoms with Gasteiger partial charge < -0.3 is 10.2 Å². The third-order valence-electron chi connectivity index (χ3n) is 2.27. The zero-order valence-corrected chi connectivity index (χ0v) is 8.32. The first-order valence-electron chi connectivity index (χ1n) is 4.50. The molecule has 2 rings (SSSR count). The third-order valence-corrected chi connectivity index (χ3v) is 2.27. The summed E-state index contributed by atoms with van der Waals surface area (Å²) in [6.45, 7) is 4.56. The predicted molar refractivity (Wildman–Crippen MR) is 53.9 cm³/mol. The minimum Gasteiger partial charge on any atom is -0.464 e. The molecule has 0 radical (unpaired) electrons. The van der Waals surface area contributed by atoms with E-state index in [1.807, 2.05) is 19.9 Å². The van der Waals surface area contributed by atoms with Crippen LogP contribution < -0.4 is 5.73 Å². The Hall–Kier alpha value is -1.71. The minimum absolute atomic E-state index is 0.591. The fourth-order valence-electron chi connectivity index (χ4n) is 1.35. The molecule has 0 amide bonds. The van der Waals surface area contributed by atoms with Gasteiger partial charge in [0.05, 0.1) is 6.20 Å². The summed E-state index contributed by atoms with van der Waals surface area (Å²) in [5.41, 5.74) is 6.85. The van der Waals surface area contributed by atoms with Crippen molar-refractivity contribution in [3.05, 3.63) is 35.4 Å². The molecule has 0 saturated carbocycles. The highest BCUT2D eigenvalue weighted by Gasteiger charge is 2.05. The molecule has 74 valence electrons. The lowest BCUT2D eigenvalue weighted by Crippen LogP contribution is -2.04. The van der Waals surface area contributed by atoms with Crippen molar-refractivity contribution in [1.82, 2.24) is 9.78 Å². The van der Waals surface area contributed by atoms with Crippen molar-refractivity contribution < 1.29 is 4.42 Å². The number of anilines is 1. The van der Waals surface area contributed by atoms with Crippen LogP contribution in [0.5, 0.6) is 0 Å². The summed E-state index contributed by atoms with van der Waals surface area (Å²) in [5.74, 6) is 2.48. The molecule has 0 atom stereocenters. The van der Waals surface area contributed by atoms with Crippen LogP contribution >= 0.6 is 0 Å². The van der Waals surface area contributed by atoms with E-state index in [9.17, 15) is 0 Å². The average Bonchev–Trinajstić information content (AvgIpc) is 2.63. The maximum atomic E-state index is 5.69. The van der Waals surface area contributed by atoms with Gasteiger partial charge in [-0.3, -0.25) is 0 Å². The lowest BCUT2D eigenvalue weighted by molar-refractivity contribution is 0.459. The smallest absolute Gasteiger partial charge is 0.126 e. The molecule has 0 aliphatic heterocycles. The fourth-order valence-corrected chi connectivity index (χ4v) is 1.35. The molecule has 0 bridgehead atoms. The largest absolute Gasteiger partial charge is 0.464 e. The Kier molecular flexibility index (Phi) is 2.04. The molecule has 4 heteroatoms. The molecule has 0 unspecified atom stereocenters. The highest BCUT2D eigenvalue weighted by Crippen LogP contribution is 2.15. The highest BCUT2D eigenvalue weighted by atomic mass is 16.3. The van der Waals surface area contributed by atoms with Crippen LogP contribution in [0.2, 0.25) is 0 Å². The van der Waals surface area contributed by atoms with Gasteiger partial charge in [0.15, 0.2) is 0 Å². The summed E-state index contributed by atoms with van der Waals surface area (Å²) in [7, 11) is 0. The molecule has 14 heavy (non-hydrogen) atoms. The van der Waals surface area contributed by atoms with Crippen LogP contribution in [0.1, 0.15) is 17.1 Å². The number of nitrogen functional groups attached to an aromatic ring is 1. The summed E-state index contributed by atoms with van der Waals surface area (Å²) in [6, 6.07) is 3.78. The predicted octanol–water partition coefficient (Wildman–Crippen LogP) is 1.72. The summed E-state index contributed by atoms with van der Waals surface area (Å²) in [6.07, 6.45) is 1.68. The van der Waals surface area contributed by atoms with E-state index < -0.39 is 0 Å². The fraction of sp³-hybridized carbons (Fsp3) is 0.300. The maximum absolute atomic E-state index is 5.69. The molecule has 0 aromatic carbocycles. The quantitative estimate of drug-likeness (QED) is 0.786. The summed E-state index contributed by atoms with van der Waals surface area (Å²) in [5, 5.41) is 4.08. The number of furan rings is 1. The zero-order chi connectivity index (χ0) is 10.1. The summed E-state index contributed by atoms with van der Waals surface area (Å²) >= 11 is 0. The number of nitrogens with zero attached hydrogens (tertiary/aromatic N) is 2. The van der Waals surface area contributed by atoms with Gasteiger partial charge in [-0.25, -0.2) is 4.68 Å². The molecule has 2 aromatic rings. The van der Waals surface area contributed by atoms with E-state index in [-0.39, 0.29) is 0 Å². The Bertz CT molecular complexity index is 422. The summed E-state index contributed by atoms with van der Waals surface area (Å²) < 4.78 is 7.23. The molecule has 2 heterocycles. The number of nitrogens with two attached hydrogens (primary N) is 1. The Labute approximate surface area is 82.3 Å². The van der Waals surface area contributed by atoms with Crippen molar-refractivity contribution >= 4 is 5.82 Å². The van der Waals surface area contributed by atoms with E-state index in [0.717, 1.165) is 17.1 Å². The topological polar surface area (TPSA) is 57.0 Å². The molecule has 0 fully saturated rings. The number of hydrogen-bond donors (Lipinski definition) is 1. The monoisotopic (exact) mass is 191 g/mol. The Balaban J connectivity index is 2.23. The van der Waals surface area contributed by atoms with Gasteiger partial charge in [0.2, 0.25) is 0 Å². The molecule has 0 saturated heterocycles. The van der Waals surface area contributed by atoms with E-state index in [2.05, 4.69) is 5.10 Å². The van der Waals surface area contributed by atoms with Crippen LogP contribution in [-0.4, -0.2) is 9.78 Å². The normalized spacial score (nSPS) is 10.7. The van der Waals surface area contributed by atoms with Gasteiger partial charge in [-0.2, -0.15) is 5.10 Å². The van der Waals surface area contributed by atoms with Crippen LogP contribution in [-0.2, 0) is 6.54 Å². The van der Waals surface area contributed by atoms with Crippen LogP contribution in [0.25, 0.3) is 0 Å². The van der Waals surface area contributed by atoms with Crippen molar-refractivity contribution in [2.75, 3.05) is 5.73 Å². The van der Waals surface area contributed by atoms with E-state index >= 15 is 0 Å². The van der Waals surface area contributed by atoms with Gasteiger partial charge in [0.1, 0.15) is 23.9 Å². The van der Waals surface area contributed by atoms with E-state index in [0.29, 0.717) is 12.4 Å². The molecule has 0 aliphatic carbocycles. The van der Waals surface area contributed by atoms with Gasteiger partial charge in [-0.1, -0.05) is 0 Å². The van der Waals surface area contributed by atoms with Gasteiger partial charge in [-0.05, 0) is 31.5 Å². The lowest BCUT2D eigenvalue weighted by Gasteiger charge is -1.99. The highest BCUT2D eigenvalue weighted by molar-refractivity contribution is 5.27. The van der Waals surface area contributed by atoms with Gasteiger partial charge in [0.25, 0.3) is 0 Å². The van der Waals surface area contributed by atoms with E-state index in [1.54, 1.807) is 16.9 Å². The first-order chi connectivity index (χ1) is 6.66. The Morgan fingerprint density at radius 1 is 1.50 bits per heavy atom. The van der Waals surface area contributed by atoms with Gasteiger partial charge in [-0.15, -0.1) is 0 Å². The van der Waals surface area contributed by atoms with E-state index in [4.69, 9.17) is 10.2 Å². The molecule has 4 nitrogen and oxygen atoms in total. The molecular weight excluding hydrogens is 178 g/mol. The molecule has 0 aliphatic rings. The van der Waals surface area contributed by atoms with Crippen LogP contribution in [0.15, 0.2) is 22.7 Å². The second kappa shape index (κ2) is 3.21. The molecule has 2 N–H and O–H groups in total. The van der Waals surface area contributed by atoms with Crippen molar-refractivity contribution in [1.29, 1.82) is 0 Å². The number of aromatic nitrogens is 2.